The van der Waals surface area contributed by atoms with Gasteiger partial charge < -0.3 is 5.48 Å². The fourth-order valence-corrected chi connectivity index (χ4v) is 3.49. The lowest BCUT2D eigenvalue weighted by molar-refractivity contribution is -0.117. The summed E-state index contributed by atoms with van der Waals surface area (Å²) >= 11 is 23.1. The number of Topliss-reactive ketones (excluding diaryl/α,β-unsaturated/α-hetero) is 3. The molecule has 0 spiro atoms. The van der Waals surface area contributed by atoms with Crippen LogP contribution in [0.15, 0.2) is 41.4 Å². The molecule has 6 N–H and O–H groups in total. The van der Waals surface area contributed by atoms with Gasteiger partial charge in [0.25, 0.3) is 0 Å². The van der Waals surface area contributed by atoms with Gasteiger partial charge in [-0.1, -0.05) is 46.4 Å². The second kappa shape index (κ2) is 14.3. The molecular weight excluding hydrogens is 488 g/mol. The Morgan fingerprint density at radius 2 is 1.35 bits per heavy atom. The minimum absolute atomic E-state index is 0. The summed E-state index contributed by atoms with van der Waals surface area (Å²) in [5.74, 6) is 7.70. The molecule has 1 aliphatic heterocycles. The molecule has 0 aliphatic carbocycles. The lowest BCUT2D eigenvalue weighted by Crippen LogP contribution is -2.04. The van der Waals surface area contributed by atoms with Gasteiger partial charge >= 0.3 is 0 Å². The van der Waals surface area contributed by atoms with E-state index in [0.717, 1.165) is 11.3 Å². The molecule has 7 nitrogen and oxygen atoms in total. The van der Waals surface area contributed by atoms with Gasteiger partial charge in [-0.2, -0.15) is 0 Å². The lowest BCUT2D eigenvalue weighted by atomic mass is 10.1. The molecule has 0 radical (unpaired) electrons. The molecule has 1 heterocycles. The van der Waals surface area contributed by atoms with Crippen molar-refractivity contribution >= 4 is 69.5 Å². The van der Waals surface area contributed by atoms with E-state index in [1.54, 1.807) is 18.2 Å². The second-order valence-electron chi connectivity index (χ2n) is 6.10. The maximum Gasteiger partial charge on any atom is 0.170 e. The van der Waals surface area contributed by atoms with Gasteiger partial charge in [0.05, 0.1) is 25.1 Å². The zero-order valence-corrected chi connectivity index (χ0v) is 19.4. The number of ketones is 3. The van der Waals surface area contributed by atoms with Crippen LogP contribution in [0.25, 0.3) is 0 Å². The summed E-state index contributed by atoms with van der Waals surface area (Å²) in [6.45, 7) is 1.64. The van der Waals surface area contributed by atoms with Crippen LogP contribution < -0.4 is 11.7 Å². The fourth-order valence-electron chi connectivity index (χ4n) is 2.44. The van der Waals surface area contributed by atoms with Gasteiger partial charge in [-0.25, -0.2) is 0 Å². The zero-order chi connectivity index (χ0) is 22.8. The molecule has 1 aliphatic rings. The second-order valence-corrected chi connectivity index (χ2v) is 7.84. The van der Waals surface area contributed by atoms with Crippen molar-refractivity contribution in [3.05, 3.63) is 67.6 Å². The van der Waals surface area contributed by atoms with Gasteiger partial charge in [0.15, 0.2) is 11.6 Å². The summed E-state index contributed by atoms with van der Waals surface area (Å²) in [7, 11) is 0. The van der Waals surface area contributed by atoms with E-state index in [4.69, 9.17) is 46.4 Å². The molecule has 0 saturated carbocycles. The summed E-state index contributed by atoms with van der Waals surface area (Å²) in [6.07, 6.45) is 0.271. The highest BCUT2D eigenvalue weighted by molar-refractivity contribution is 6.36. The fraction of sp³-hybridized carbons (Fsp3) is 0.200. The van der Waals surface area contributed by atoms with E-state index in [1.807, 2.05) is 0 Å². The normalized spacial score (nSPS) is 11.8. The van der Waals surface area contributed by atoms with Crippen LogP contribution >= 0.6 is 46.4 Å². The number of nitrogens with zero attached hydrogens (tertiary/aromatic N) is 1. The van der Waals surface area contributed by atoms with E-state index in [1.165, 1.54) is 25.1 Å². The van der Waals surface area contributed by atoms with Crippen molar-refractivity contribution in [1.29, 1.82) is 0 Å². The molecule has 0 amide bonds. The molecule has 11 heteroatoms. The average molecular weight is 509 g/mol. The number of benzene rings is 2. The Hall–Kier alpha value is -1.84. The number of hydrogen-bond acceptors (Lipinski definition) is 6. The summed E-state index contributed by atoms with van der Waals surface area (Å²) in [5.41, 5.74) is 1.99. The Bertz CT molecular complexity index is 940. The van der Waals surface area contributed by atoms with E-state index in [2.05, 4.69) is 16.7 Å². The smallest absolute Gasteiger partial charge is 0.170 e. The van der Waals surface area contributed by atoms with Crippen LogP contribution in [0.1, 0.15) is 35.7 Å². The highest BCUT2D eigenvalue weighted by atomic mass is 35.5. The number of nitrogens with two attached hydrogens (primary N) is 2. The van der Waals surface area contributed by atoms with Crippen molar-refractivity contribution in [1.82, 2.24) is 0 Å². The lowest BCUT2D eigenvalue weighted by Gasteiger charge is -2.01. The number of carbonyl (C=O) groups excluding carboxylic acids is 3. The maximum atomic E-state index is 11.4. The minimum Gasteiger partial charge on any atom is -0.412 e. The molecule has 3 rings (SSSR count). The molecule has 0 bridgehead atoms. The largest absolute Gasteiger partial charge is 0.412 e. The predicted molar refractivity (Wildman–Crippen MR) is 126 cm³/mol. The Morgan fingerprint density at radius 3 is 1.74 bits per heavy atom. The van der Waals surface area contributed by atoms with E-state index >= 15 is 0 Å². The quantitative estimate of drug-likeness (QED) is 0.278. The van der Waals surface area contributed by atoms with Gasteiger partial charge in [0.1, 0.15) is 5.78 Å². The van der Waals surface area contributed by atoms with Crippen LogP contribution in [0.2, 0.25) is 20.1 Å². The Kier molecular flexibility index (Phi) is 13.4. The van der Waals surface area contributed by atoms with Gasteiger partial charge in [-0.15, -0.1) is 0 Å². The van der Waals surface area contributed by atoms with Crippen LogP contribution in [-0.4, -0.2) is 35.1 Å². The molecule has 0 unspecified atom stereocenters. The van der Waals surface area contributed by atoms with Gasteiger partial charge in [-0.05, 0) is 48.9 Å². The minimum atomic E-state index is -0.262. The van der Waals surface area contributed by atoms with Crippen LogP contribution in [0, 0.1) is 0 Å². The number of carbonyl (C=O) groups is 3. The van der Waals surface area contributed by atoms with Crippen molar-refractivity contribution in [2.45, 2.75) is 19.8 Å². The van der Waals surface area contributed by atoms with Crippen LogP contribution in [-0.2, 0) is 9.59 Å². The molecule has 2 aromatic rings. The van der Waals surface area contributed by atoms with Gasteiger partial charge in [-0.3, -0.25) is 31.1 Å². The Balaban J connectivity index is 0.000000522. The average Bonchev–Trinajstić information content (AvgIpc) is 3.08. The first-order valence-electron chi connectivity index (χ1n) is 8.47. The van der Waals surface area contributed by atoms with Gasteiger partial charge in [0, 0.05) is 25.7 Å². The molecule has 0 atom stereocenters. The Labute approximate surface area is 199 Å². The van der Waals surface area contributed by atoms with E-state index in [0.29, 0.717) is 32.1 Å². The number of rotatable bonds is 4. The van der Waals surface area contributed by atoms with Crippen molar-refractivity contribution in [2.75, 3.05) is 6.54 Å². The summed E-state index contributed by atoms with van der Waals surface area (Å²) in [4.78, 5) is 37.3. The van der Waals surface area contributed by atoms with Crippen LogP contribution in [0.3, 0.4) is 0 Å². The summed E-state index contributed by atoms with van der Waals surface area (Å²) in [6, 6.07) is 9.73. The van der Waals surface area contributed by atoms with Gasteiger partial charge in [0.2, 0.25) is 0 Å². The summed E-state index contributed by atoms with van der Waals surface area (Å²) < 4.78 is 0. The van der Waals surface area contributed by atoms with Crippen molar-refractivity contribution in [3.8, 4) is 0 Å². The topological polar surface area (TPSA) is 147 Å². The molecule has 0 fully saturated rings. The third kappa shape index (κ3) is 10.3. The zero-order valence-electron chi connectivity index (χ0n) is 16.4. The molecule has 168 valence electrons. The molecule has 0 aromatic heterocycles. The van der Waals surface area contributed by atoms with E-state index in [-0.39, 0.29) is 35.8 Å². The number of halogens is 4. The van der Waals surface area contributed by atoms with Crippen molar-refractivity contribution in [3.63, 3.8) is 0 Å². The first-order chi connectivity index (χ1) is 14.1. The molecule has 0 saturated heterocycles. The maximum absolute atomic E-state index is 11.4. The molecule has 31 heavy (non-hydrogen) atoms. The highest BCUT2D eigenvalue weighted by Gasteiger charge is 2.16. The first kappa shape index (κ1) is 29.2. The third-order valence-electron chi connectivity index (χ3n) is 3.60. The number of hydrogen-bond donors (Lipinski definition) is 2. The SMILES string of the molecule is CC(=O)CC(=O)c1cc(Cl)cc(Cl)c1.NN.O.O=C1CN=C(c2cc(Cl)cc(Cl)c2)C1. The molecule has 2 aromatic carbocycles. The first-order valence-corrected chi connectivity index (χ1v) is 9.99. The van der Waals surface area contributed by atoms with Crippen LogP contribution in [0.4, 0.5) is 0 Å². The summed E-state index contributed by atoms with van der Waals surface area (Å²) in [5, 5.41) is 1.91. The Morgan fingerprint density at radius 1 is 0.903 bits per heavy atom. The van der Waals surface area contributed by atoms with E-state index in [9.17, 15) is 14.4 Å². The standard InChI is InChI=1S/C10H7Cl2NO.C10H8Cl2O2.H4N2.H2O/c11-7-1-6(2-8(12)3-7)10-4-9(14)5-13-10;1-6(13)2-10(14)7-3-8(11)5-9(12)4-7;1-2;/h1-3H,4-5H2;3-5H,2H2,1H3;1-2H2;1H2. The third-order valence-corrected chi connectivity index (χ3v) is 4.47. The van der Waals surface area contributed by atoms with Crippen LogP contribution in [0.5, 0.6) is 0 Å². The van der Waals surface area contributed by atoms with E-state index < -0.39 is 0 Å². The molecular formula is C20H21Cl4N3O4. The predicted octanol–water partition coefficient (Wildman–Crippen LogP) is 3.90. The number of hydrazine groups is 1. The number of aliphatic imine (C=N–C) groups is 1. The monoisotopic (exact) mass is 507 g/mol. The highest BCUT2D eigenvalue weighted by Crippen LogP contribution is 2.22. The van der Waals surface area contributed by atoms with Crippen molar-refractivity contribution in [2.24, 2.45) is 16.7 Å². The van der Waals surface area contributed by atoms with Crippen molar-refractivity contribution < 1.29 is 19.9 Å².